The molecule has 0 aliphatic carbocycles. The van der Waals surface area contributed by atoms with Crippen molar-refractivity contribution in [3.8, 4) is 22.8 Å². The number of benzene rings is 2. The summed E-state index contributed by atoms with van der Waals surface area (Å²) in [5.74, 6) is 2.71. The van der Waals surface area contributed by atoms with Crippen molar-refractivity contribution < 1.29 is 18.9 Å². The van der Waals surface area contributed by atoms with Gasteiger partial charge in [0.1, 0.15) is 36.0 Å². The third-order valence-corrected chi connectivity index (χ3v) is 4.94. The van der Waals surface area contributed by atoms with E-state index in [1.165, 1.54) is 15.9 Å². The molecule has 26 heavy (non-hydrogen) atoms. The number of hydrogen-bond acceptors (Lipinski definition) is 2. The van der Waals surface area contributed by atoms with E-state index >= 15 is 0 Å². The van der Waals surface area contributed by atoms with Crippen molar-refractivity contribution in [2.24, 2.45) is 0 Å². The first-order valence-corrected chi connectivity index (χ1v) is 8.91. The molecule has 2 aromatic carbocycles. The van der Waals surface area contributed by atoms with E-state index in [9.17, 15) is 0 Å². The van der Waals surface area contributed by atoms with Crippen LogP contribution in [0.25, 0.3) is 28.1 Å². The molecule has 6 heteroatoms. The maximum atomic E-state index is 5.52. The lowest BCUT2D eigenvalue weighted by Crippen LogP contribution is -3.06. The van der Waals surface area contributed by atoms with Crippen molar-refractivity contribution in [3.05, 3.63) is 48.7 Å². The largest absolute Gasteiger partial charge is 0.454 e. The molecule has 0 atom stereocenters. The van der Waals surface area contributed by atoms with Crippen LogP contribution in [-0.4, -0.2) is 36.8 Å². The minimum Gasteiger partial charge on any atom is -0.454 e. The van der Waals surface area contributed by atoms with Gasteiger partial charge in [0.25, 0.3) is 0 Å². The quantitative estimate of drug-likeness (QED) is 0.544. The molecule has 1 aliphatic rings. The number of aromatic amines is 1. The monoisotopic (exact) mass is 350 g/mol. The Morgan fingerprint density at radius 2 is 1.96 bits per heavy atom. The van der Waals surface area contributed by atoms with Crippen molar-refractivity contribution in [3.63, 3.8) is 0 Å². The first kappa shape index (κ1) is 15.3. The molecule has 0 saturated carbocycles. The molecule has 3 heterocycles. The van der Waals surface area contributed by atoms with Crippen LogP contribution < -0.4 is 18.9 Å². The number of imidazole rings is 2. The fraction of sp³-hybridized carbons (Fsp3) is 0.250. The van der Waals surface area contributed by atoms with Crippen molar-refractivity contribution in [2.45, 2.75) is 6.54 Å². The number of hydrogen-bond donors (Lipinski definition) is 2. The van der Waals surface area contributed by atoms with Gasteiger partial charge in [0.2, 0.25) is 6.79 Å². The number of rotatable bonds is 4. The minimum absolute atomic E-state index is 0.294. The summed E-state index contributed by atoms with van der Waals surface area (Å²) >= 11 is 0. The Morgan fingerprint density at radius 1 is 1.12 bits per heavy atom. The van der Waals surface area contributed by atoms with Gasteiger partial charge in [0, 0.05) is 5.56 Å². The van der Waals surface area contributed by atoms with Crippen LogP contribution in [0.4, 0.5) is 0 Å². The highest BCUT2D eigenvalue weighted by molar-refractivity contribution is 5.77. The molecular weight excluding hydrogens is 328 g/mol. The number of H-pyrrole nitrogens is 1. The van der Waals surface area contributed by atoms with Gasteiger partial charge in [-0.05, 0) is 30.3 Å². The fourth-order valence-electron chi connectivity index (χ4n) is 3.57. The fourth-order valence-corrected chi connectivity index (χ4v) is 3.57. The predicted molar refractivity (Wildman–Crippen MR) is 98.7 cm³/mol. The number of ether oxygens (including phenoxy) is 2. The van der Waals surface area contributed by atoms with E-state index < -0.39 is 0 Å². The second-order valence-corrected chi connectivity index (χ2v) is 7.03. The van der Waals surface area contributed by atoms with E-state index in [0.29, 0.717) is 6.79 Å². The van der Waals surface area contributed by atoms with Gasteiger partial charge in [0.15, 0.2) is 11.5 Å². The lowest BCUT2D eigenvalue weighted by atomic mass is 10.1. The van der Waals surface area contributed by atoms with Crippen LogP contribution in [-0.2, 0) is 6.54 Å². The summed E-state index contributed by atoms with van der Waals surface area (Å²) in [5, 5.41) is 0. The third-order valence-electron chi connectivity index (χ3n) is 4.94. The molecule has 1 aliphatic heterocycles. The summed E-state index contributed by atoms with van der Waals surface area (Å²) in [4.78, 5) is 5.04. The molecule has 0 bridgehead atoms. The lowest BCUT2D eigenvalue weighted by Gasteiger charge is -2.05. The molecule has 132 valence electrons. The van der Waals surface area contributed by atoms with E-state index in [0.717, 1.165) is 41.6 Å². The lowest BCUT2D eigenvalue weighted by molar-refractivity contribution is -0.878. The molecule has 0 radical (unpaired) electrons. The Labute approximate surface area is 151 Å². The van der Waals surface area contributed by atoms with E-state index in [4.69, 9.17) is 9.47 Å². The smallest absolute Gasteiger partial charge is 0.368 e. The zero-order valence-corrected chi connectivity index (χ0v) is 15.0. The van der Waals surface area contributed by atoms with Crippen molar-refractivity contribution in [1.82, 2.24) is 9.38 Å². The Hall–Kier alpha value is -2.99. The van der Waals surface area contributed by atoms with Crippen molar-refractivity contribution >= 4 is 16.8 Å². The predicted octanol–water partition coefficient (Wildman–Crippen LogP) is 1.25. The van der Waals surface area contributed by atoms with Crippen molar-refractivity contribution in [1.29, 1.82) is 0 Å². The SMILES string of the molecule is C[NH+](C)CC[n+]1c2ccccc2n2cc(-c3ccc4c(c3)OCO4)[nH]c21. The molecule has 0 fully saturated rings. The second-order valence-electron chi connectivity index (χ2n) is 7.03. The van der Waals surface area contributed by atoms with Crippen LogP contribution in [0.5, 0.6) is 11.5 Å². The van der Waals surface area contributed by atoms with Crippen LogP contribution in [0.3, 0.4) is 0 Å². The average Bonchev–Trinajstić information content (AvgIpc) is 3.33. The number of aromatic nitrogens is 3. The molecular formula is C20H22N4O2+2. The van der Waals surface area contributed by atoms with Crippen LogP contribution >= 0.6 is 0 Å². The van der Waals surface area contributed by atoms with Gasteiger partial charge < -0.3 is 14.4 Å². The number of fused-ring (bicyclic) bond motifs is 4. The molecule has 0 amide bonds. The van der Waals surface area contributed by atoms with E-state index in [-0.39, 0.29) is 0 Å². The Balaban J connectivity index is 1.66. The average molecular weight is 350 g/mol. The van der Waals surface area contributed by atoms with Gasteiger partial charge in [0.05, 0.1) is 14.1 Å². The zero-order chi connectivity index (χ0) is 17.7. The molecule has 5 rings (SSSR count). The third kappa shape index (κ3) is 2.34. The maximum absolute atomic E-state index is 5.52. The van der Waals surface area contributed by atoms with Gasteiger partial charge in [-0.25, -0.2) is 9.55 Å². The van der Waals surface area contributed by atoms with Gasteiger partial charge >= 0.3 is 5.78 Å². The summed E-state index contributed by atoms with van der Waals surface area (Å²) < 4.78 is 15.5. The second kappa shape index (κ2) is 5.78. The molecule has 0 saturated heterocycles. The van der Waals surface area contributed by atoms with Gasteiger partial charge in [-0.1, -0.05) is 12.1 Å². The van der Waals surface area contributed by atoms with E-state index in [2.05, 4.69) is 64.6 Å². The summed E-state index contributed by atoms with van der Waals surface area (Å²) in [6.45, 7) is 2.32. The van der Waals surface area contributed by atoms with Gasteiger partial charge in [-0.15, -0.1) is 0 Å². The molecule has 4 aromatic rings. The first-order valence-electron chi connectivity index (χ1n) is 8.91. The van der Waals surface area contributed by atoms with Gasteiger partial charge in [-0.3, -0.25) is 0 Å². The molecule has 0 spiro atoms. The number of para-hydroxylation sites is 2. The standard InChI is InChI=1S/C20H20N4O2/c1-22(2)9-10-23-16-5-3-4-6-17(16)24-12-15(21-20(23)24)14-7-8-18-19(11-14)26-13-25-18/h3-8,11-12H,9-10,13H2,1-2H3/p+2. The molecule has 2 aromatic heterocycles. The molecule has 2 N–H and O–H groups in total. The summed E-state index contributed by atoms with van der Waals surface area (Å²) in [6, 6.07) is 14.6. The molecule has 6 nitrogen and oxygen atoms in total. The normalized spacial score (nSPS) is 13.3. The Kier molecular flexibility index (Phi) is 3.39. The van der Waals surface area contributed by atoms with Crippen LogP contribution in [0.1, 0.15) is 0 Å². The van der Waals surface area contributed by atoms with Crippen LogP contribution in [0.15, 0.2) is 48.7 Å². The summed E-state index contributed by atoms with van der Waals surface area (Å²) in [6.07, 6.45) is 2.16. The summed E-state index contributed by atoms with van der Waals surface area (Å²) in [5.41, 5.74) is 4.61. The maximum Gasteiger partial charge on any atom is 0.368 e. The Morgan fingerprint density at radius 3 is 2.85 bits per heavy atom. The van der Waals surface area contributed by atoms with E-state index in [1.807, 2.05) is 12.1 Å². The van der Waals surface area contributed by atoms with Crippen LogP contribution in [0.2, 0.25) is 0 Å². The Bertz CT molecular complexity index is 1110. The number of nitrogens with zero attached hydrogens (tertiary/aromatic N) is 2. The highest BCUT2D eigenvalue weighted by Gasteiger charge is 2.23. The zero-order valence-electron chi connectivity index (χ0n) is 15.0. The molecule has 0 unspecified atom stereocenters. The van der Waals surface area contributed by atoms with Crippen molar-refractivity contribution in [2.75, 3.05) is 27.4 Å². The number of likely N-dealkylation sites (N-methyl/N-ethyl adjacent to an activating group) is 1. The minimum atomic E-state index is 0.294. The first-order chi connectivity index (χ1) is 12.7. The number of quaternary nitrogens is 1. The van der Waals surface area contributed by atoms with E-state index in [1.54, 1.807) is 0 Å². The number of nitrogens with one attached hydrogen (secondary N) is 2. The topological polar surface area (TPSA) is 47.0 Å². The highest BCUT2D eigenvalue weighted by Crippen LogP contribution is 2.35. The summed E-state index contributed by atoms with van der Waals surface area (Å²) in [7, 11) is 4.37. The van der Waals surface area contributed by atoms with Gasteiger partial charge in [-0.2, -0.15) is 4.40 Å². The van der Waals surface area contributed by atoms with Crippen LogP contribution in [0, 0.1) is 0 Å². The highest BCUT2D eigenvalue weighted by atomic mass is 16.7.